The largest absolute Gasteiger partial charge is 0.478 e. The van der Waals surface area contributed by atoms with Crippen LogP contribution in [-0.4, -0.2) is 37.1 Å². The first-order chi connectivity index (χ1) is 14.7. The number of hydrogen-bond donors (Lipinski definition) is 2. The fourth-order valence-corrected chi connectivity index (χ4v) is 3.41. The highest BCUT2D eigenvalue weighted by atomic mass is 16.5. The Labute approximate surface area is 171 Å². The predicted octanol–water partition coefficient (Wildman–Crippen LogP) is 3.92. The van der Waals surface area contributed by atoms with Gasteiger partial charge in [-0.05, 0) is 42.8 Å². The molecule has 5 aromatic heterocycles. The standard InChI is InChI=1S/C22H18N6O2/c1-2-30-20-6-5-16-17(12-24-21(16)27-20)14-7-9-28-19(10-14)18(13-25-28)22(29)26-15-4-3-8-23-11-15/h3-13H,2H2,1H3,(H,24,27)(H,26,29). The highest BCUT2D eigenvalue weighted by Gasteiger charge is 2.15. The first-order valence-corrected chi connectivity index (χ1v) is 9.53. The number of H-pyrrole nitrogens is 1. The molecule has 0 fully saturated rings. The smallest absolute Gasteiger partial charge is 0.259 e. The molecule has 0 spiro atoms. The number of carbonyl (C=O) groups excluding carboxylic acids is 1. The van der Waals surface area contributed by atoms with E-state index in [9.17, 15) is 4.79 Å². The summed E-state index contributed by atoms with van der Waals surface area (Å²) in [7, 11) is 0. The van der Waals surface area contributed by atoms with Gasteiger partial charge in [0.1, 0.15) is 5.65 Å². The van der Waals surface area contributed by atoms with Crippen LogP contribution in [0.5, 0.6) is 5.88 Å². The van der Waals surface area contributed by atoms with Gasteiger partial charge in [0.2, 0.25) is 5.88 Å². The van der Waals surface area contributed by atoms with Crippen molar-refractivity contribution in [2.45, 2.75) is 6.92 Å². The molecule has 0 bridgehead atoms. The summed E-state index contributed by atoms with van der Waals surface area (Å²) in [5, 5.41) is 8.13. The van der Waals surface area contributed by atoms with Crippen LogP contribution < -0.4 is 10.1 Å². The van der Waals surface area contributed by atoms with Crippen LogP contribution in [0.15, 0.2) is 67.4 Å². The van der Waals surface area contributed by atoms with Crippen LogP contribution in [0.1, 0.15) is 17.3 Å². The number of rotatable bonds is 5. The van der Waals surface area contributed by atoms with Gasteiger partial charge >= 0.3 is 0 Å². The van der Waals surface area contributed by atoms with Gasteiger partial charge in [-0.15, -0.1) is 0 Å². The van der Waals surface area contributed by atoms with Gasteiger partial charge in [-0.3, -0.25) is 9.78 Å². The lowest BCUT2D eigenvalue weighted by atomic mass is 10.1. The second-order valence-corrected chi connectivity index (χ2v) is 6.68. The Morgan fingerprint density at radius 1 is 1.23 bits per heavy atom. The monoisotopic (exact) mass is 398 g/mol. The molecule has 0 saturated heterocycles. The van der Waals surface area contributed by atoms with Crippen LogP contribution in [0.25, 0.3) is 27.7 Å². The van der Waals surface area contributed by atoms with Crippen LogP contribution in [0, 0.1) is 0 Å². The number of hydrogen-bond acceptors (Lipinski definition) is 5. The van der Waals surface area contributed by atoms with Crippen molar-refractivity contribution in [3.63, 3.8) is 0 Å². The molecule has 5 rings (SSSR count). The summed E-state index contributed by atoms with van der Waals surface area (Å²) in [6.45, 7) is 2.49. The number of pyridine rings is 3. The first kappa shape index (κ1) is 17.9. The average molecular weight is 398 g/mol. The Morgan fingerprint density at radius 3 is 3.00 bits per heavy atom. The number of nitrogens with one attached hydrogen (secondary N) is 2. The third-order valence-electron chi connectivity index (χ3n) is 4.80. The third kappa shape index (κ3) is 3.14. The Hall–Kier alpha value is -4.20. The molecule has 0 aliphatic rings. The molecule has 8 nitrogen and oxygen atoms in total. The van der Waals surface area contributed by atoms with Crippen molar-refractivity contribution in [2.24, 2.45) is 0 Å². The van der Waals surface area contributed by atoms with E-state index in [1.165, 1.54) is 0 Å². The summed E-state index contributed by atoms with van der Waals surface area (Å²) < 4.78 is 7.16. The van der Waals surface area contributed by atoms with Crippen LogP contribution in [0.3, 0.4) is 0 Å². The highest BCUT2D eigenvalue weighted by molar-refractivity contribution is 6.09. The molecule has 0 unspecified atom stereocenters. The fraction of sp³-hybridized carbons (Fsp3) is 0.0909. The third-order valence-corrected chi connectivity index (χ3v) is 4.80. The van der Waals surface area contributed by atoms with Gasteiger partial charge in [0.05, 0.1) is 35.8 Å². The maximum absolute atomic E-state index is 12.8. The molecular formula is C22H18N6O2. The summed E-state index contributed by atoms with van der Waals surface area (Å²) in [5.74, 6) is 0.344. The van der Waals surface area contributed by atoms with Crippen molar-refractivity contribution in [3.05, 3.63) is 72.9 Å². The van der Waals surface area contributed by atoms with E-state index in [0.717, 1.165) is 22.2 Å². The Kier molecular flexibility index (Phi) is 4.36. The number of aromatic nitrogens is 5. The topological polar surface area (TPSA) is 97.2 Å². The Morgan fingerprint density at radius 2 is 2.17 bits per heavy atom. The van der Waals surface area contributed by atoms with Crippen molar-refractivity contribution < 1.29 is 9.53 Å². The normalized spacial score (nSPS) is 11.1. The fourth-order valence-electron chi connectivity index (χ4n) is 3.41. The maximum atomic E-state index is 12.8. The predicted molar refractivity (Wildman–Crippen MR) is 114 cm³/mol. The second kappa shape index (κ2) is 7.32. The molecule has 5 aromatic rings. The molecule has 8 heteroatoms. The molecule has 1 amide bonds. The molecule has 148 valence electrons. The van der Waals surface area contributed by atoms with Gasteiger partial charge in [0, 0.05) is 35.6 Å². The van der Waals surface area contributed by atoms with Gasteiger partial charge < -0.3 is 15.0 Å². The SMILES string of the molecule is CCOc1ccc2c(-c3ccn4ncc(C(=O)Nc5cccnc5)c4c3)c[nH]c2n1. The van der Waals surface area contributed by atoms with Crippen molar-refractivity contribution in [2.75, 3.05) is 11.9 Å². The molecular weight excluding hydrogens is 380 g/mol. The molecule has 0 aliphatic carbocycles. The number of fused-ring (bicyclic) bond motifs is 2. The molecule has 30 heavy (non-hydrogen) atoms. The van der Waals surface area contributed by atoms with E-state index >= 15 is 0 Å². The van der Waals surface area contributed by atoms with E-state index in [-0.39, 0.29) is 5.91 Å². The van der Waals surface area contributed by atoms with Crippen LogP contribution in [0.2, 0.25) is 0 Å². The Balaban J connectivity index is 1.53. The molecule has 0 atom stereocenters. The summed E-state index contributed by atoms with van der Waals surface area (Å²) in [5.41, 5.74) is 4.52. The highest BCUT2D eigenvalue weighted by Crippen LogP contribution is 2.30. The summed E-state index contributed by atoms with van der Waals surface area (Å²) >= 11 is 0. The maximum Gasteiger partial charge on any atom is 0.259 e. The zero-order valence-electron chi connectivity index (χ0n) is 16.2. The number of aromatic amines is 1. The lowest BCUT2D eigenvalue weighted by Gasteiger charge is -2.05. The minimum Gasteiger partial charge on any atom is -0.478 e. The average Bonchev–Trinajstić information content (AvgIpc) is 3.38. The van der Waals surface area contributed by atoms with Crippen molar-refractivity contribution in [1.82, 2.24) is 24.6 Å². The number of anilines is 1. The second-order valence-electron chi connectivity index (χ2n) is 6.68. The number of amides is 1. The van der Waals surface area contributed by atoms with E-state index in [1.54, 1.807) is 35.2 Å². The minimum absolute atomic E-state index is 0.239. The molecule has 5 heterocycles. The van der Waals surface area contributed by atoms with E-state index < -0.39 is 0 Å². The molecule has 0 saturated carbocycles. The van der Waals surface area contributed by atoms with E-state index in [4.69, 9.17) is 4.74 Å². The number of nitrogens with zero attached hydrogens (tertiary/aromatic N) is 4. The summed E-state index contributed by atoms with van der Waals surface area (Å²) in [6.07, 6.45) is 8.57. The lowest BCUT2D eigenvalue weighted by Crippen LogP contribution is -2.11. The van der Waals surface area contributed by atoms with E-state index in [0.29, 0.717) is 29.3 Å². The molecule has 0 aromatic carbocycles. The van der Waals surface area contributed by atoms with Gasteiger partial charge in [0.25, 0.3) is 5.91 Å². The summed E-state index contributed by atoms with van der Waals surface area (Å²) in [4.78, 5) is 24.5. The zero-order valence-corrected chi connectivity index (χ0v) is 16.2. The van der Waals surface area contributed by atoms with E-state index in [1.807, 2.05) is 43.6 Å². The molecule has 0 aliphatic heterocycles. The lowest BCUT2D eigenvalue weighted by molar-refractivity contribution is 0.102. The van der Waals surface area contributed by atoms with Crippen molar-refractivity contribution in [1.29, 1.82) is 0 Å². The van der Waals surface area contributed by atoms with Gasteiger partial charge in [-0.25, -0.2) is 4.52 Å². The first-order valence-electron chi connectivity index (χ1n) is 9.53. The quantitative estimate of drug-likeness (QED) is 0.468. The zero-order chi connectivity index (χ0) is 20.5. The number of ether oxygens (including phenoxy) is 1. The summed E-state index contributed by atoms with van der Waals surface area (Å²) in [6, 6.07) is 11.3. The van der Waals surface area contributed by atoms with Crippen molar-refractivity contribution in [3.8, 4) is 17.0 Å². The molecule has 0 radical (unpaired) electrons. The van der Waals surface area contributed by atoms with E-state index in [2.05, 4.69) is 25.4 Å². The van der Waals surface area contributed by atoms with Crippen LogP contribution in [0.4, 0.5) is 5.69 Å². The Bertz CT molecular complexity index is 1360. The van der Waals surface area contributed by atoms with Gasteiger partial charge in [0.15, 0.2) is 0 Å². The molecule has 2 N–H and O–H groups in total. The number of carbonyl (C=O) groups is 1. The van der Waals surface area contributed by atoms with Crippen LogP contribution >= 0.6 is 0 Å². The van der Waals surface area contributed by atoms with Crippen LogP contribution in [-0.2, 0) is 0 Å². The minimum atomic E-state index is -0.239. The van der Waals surface area contributed by atoms with Gasteiger partial charge in [-0.2, -0.15) is 10.1 Å². The van der Waals surface area contributed by atoms with Gasteiger partial charge in [-0.1, -0.05) is 0 Å². The van der Waals surface area contributed by atoms with Crippen molar-refractivity contribution >= 4 is 28.1 Å².